The van der Waals surface area contributed by atoms with Crippen LogP contribution in [0, 0.1) is 0 Å². The van der Waals surface area contributed by atoms with Crippen LogP contribution in [0.1, 0.15) is 6.92 Å². The van der Waals surface area contributed by atoms with Gasteiger partial charge in [0.25, 0.3) is 0 Å². The van der Waals surface area contributed by atoms with Gasteiger partial charge in [-0.1, -0.05) is 6.92 Å². The molecule has 0 aromatic rings. The van der Waals surface area contributed by atoms with E-state index < -0.39 is 0 Å². The fraction of sp³-hybridized carbons (Fsp3) is 1.00. The van der Waals surface area contributed by atoms with Crippen LogP contribution in [0.4, 0.5) is 0 Å². The largest absolute Gasteiger partial charge is 0.665 e. The molecular formula is C3H8NRe-. The summed E-state index contributed by atoms with van der Waals surface area (Å²) in [7, 11) is 1.81. The zero-order valence-corrected chi connectivity index (χ0v) is 6.25. The van der Waals surface area contributed by atoms with Gasteiger partial charge in [0.15, 0.2) is 0 Å². The molecule has 0 aliphatic heterocycles. The molecule has 0 bridgehead atoms. The average molecular weight is 244 g/mol. The minimum Gasteiger partial charge on any atom is -0.665 e. The van der Waals surface area contributed by atoms with E-state index in [0.717, 1.165) is 6.54 Å². The molecule has 0 aromatic heterocycles. The van der Waals surface area contributed by atoms with E-state index in [4.69, 9.17) is 0 Å². The van der Waals surface area contributed by atoms with Crippen molar-refractivity contribution >= 4 is 0 Å². The van der Waals surface area contributed by atoms with Crippen LogP contribution in [0.15, 0.2) is 0 Å². The maximum atomic E-state index is 3.74. The van der Waals surface area contributed by atoms with Crippen LogP contribution in [0.5, 0.6) is 0 Å². The second-order valence-corrected chi connectivity index (χ2v) is 0.632. The van der Waals surface area contributed by atoms with Crippen LogP contribution in [-0.4, -0.2) is 13.6 Å². The molecule has 0 fully saturated rings. The Morgan fingerprint density at radius 3 is 1.80 bits per heavy atom. The molecule has 1 radical (unpaired) electrons. The fourth-order valence-corrected chi connectivity index (χ4v) is 0. The first-order valence-electron chi connectivity index (χ1n) is 1.47. The van der Waals surface area contributed by atoms with Gasteiger partial charge in [-0.25, -0.2) is 0 Å². The first kappa shape index (κ1) is 9.16. The van der Waals surface area contributed by atoms with Gasteiger partial charge in [-0.2, -0.15) is 13.6 Å². The molecule has 0 aromatic carbocycles. The zero-order valence-electron chi connectivity index (χ0n) is 3.53. The van der Waals surface area contributed by atoms with Crippen molar-refractivity contribution in [2.75, 3.05) is 13.6 Å². The molecular weight excluding hydrogens is 236 g/mol. The van der Waals surface area contributed by atoms with Crippen molar-refractivity contribution in [2.24, 2.45) is 0 Å². The molecule has 0 aliphatic rings. The second kappa shape index (κ2) is 8.82. The van der Waals surface area contributed by atoms with Crippen LogP contribution in [-0.2, 0) is 20.4 Å². The Labute approximate surface area is 46.8 Å². The summed E-state index contributed by atoms with van der Waals surface area (Å²) in [5, 5.41) is 3.74. The maximum Gasteiger partial charge on any atom is 0 e. The Hall–Kier alpha value is 0.622. The number of hydrogen-bond donors (Lipinski definition) is 0. The van der Waals surface area contributed by atoms with Crippen molar-refractivity contribution in [3.8, 4) is 0 Å². The van der Waals surface area contributed by atoms with Gasteiger partial charge in [-0.3, -0.25) is 0 Å². The molecule has 1 nitrogen and oxygen atoms in total. The Bertz CT molecular complexity index is 8.85. The second-order valence-electron chi connectivity index (χ2n) is 0.632. The van der Waals surface area contributed by atoms with E-state index in [9.17, 15) is 0 Å². The molecule has 0 heterocycles. The Morgan fingerprint density at radius 1 is 1.60 bits per heavy atom. The summed E-state index contributed by atoms with van der Waals surface area (Å²) in [6, 6.07) is 0. The standard InChI is InChI=1S/C3H8N.Re/c1-3-4-2;/h3H2,1-2H3;/q-1;. The quantitative estimate of drug-likeness (QED) is 0.653. The first-order chi connectivity index (χ1) is 1.91. The van der Waals surface area contributed by atoms with Crippen LogP contribution >= 0.6 is 0 Å². The summed E-state index contributed by atoms with van der Waals surface area (Å²) in [5.41, 5.74) is 0. The minimum absolute atomic E-state index is 0. The van der Waals surface area contributed by atoms with E-state index in [1.54, 1.807) is 7.05 Å². The molecule has 2 heteroatoms. The molecule has 0 aliphatic carbocycles. The van der Waals surface area contributed by atoms with Gasteiger partial charge < -0.3 is 5.32 Å². The van der Waals surface area contributed by atoms with Crippen molar-refractivity contribution in [2.45, 2.75) is 6.92 Å². The van der Waals surface area contributed by atoms with Crippen LogP contribution in [0.3, 0.4) is 0 Å². The fourth-order valence-electron chi connectivity index (χ4n) is 0. The van der Waals surface area contributed by atoms with Gasteiger partial charge in [-0.15, -0.1) is 0 Å². The van der Waals surface area contributed by atoms with E-state index in [0.29, 0.717) is 0 Å². The smallest absolute Gasteiger partial charge is 0 e. The summed E-state index contributed by atoms with van der Waals surface area (Å²) >= 11 is 0. The minimum atomic E-state index is 0. The molecule has 0 saturated heterocycles. The summed E-state index contributed by atoms with van der Waals surface area (Å²) in [4.78, 5) is 0. The number of nitrogens with zero attached hydrogens (tertiary/aromatic N) is 1. The number of rotatable bonds is 1. The summed E-state index contributed by atoms with van der Waals surface area (Å²) in [6.07, 6.45) is 0. The van der Waals surface area contributed by atoms with E-state index in [2.05, 4.69) is 5.32 Å². The Morgan fingerprint density at radius 2 is 1.80 bits per heavy atom. The molecule has 0 spiro atoms. The van der Waals surface area contributed by atoms with Crippen molar-refractivity contribution in [3.63, 3.8) is 0 Å². The predicted octanol–water partition coefficient (Wildman–Crippen LogP) is 1.01. The van der Waals surface area contributed by atoms with E-state index in [1.165, 1.54) is 0 Å². The van der Waals surface area contributed by atoms with Gasteiger partial charge in [0.2, 0.25) is 0 Å². The molecule has 0 saturated carbocycles. The van der Waals surface area contributed by atoms with Gasteiger partial charge in [0.05, 0.1) is 0 Å². The van der Waals surface area contributed by atoms with Gasteiger partial charge in [-0.05, 0) is 0 Å². The van der Waals surface area contributed by atoms with E-state index in [1.807, 2.05) is 6.92 Å². The normalized spacial score (nSPS) is 6.00. The topological polar surface area (TPSA) is 14.1 Å². The third-order valence-electron chi connectivity index (χ3n) is 0.316. The Kier molecular flexibility index (Phi) is 16.1. The zero-order chi connectivity index (χ0) is 3.41. The molecule has 0 N–H and O–H groups in total. The van der Waals surface area contributed by atoms with Crippen molar-refractivity contribution < 1.29 is 20.4 Å². The van der Waals surface area contributed by atoms with Crippen LogP contribution in [0.25, 0.3) is 5.32 Å². The molecule has 33 valence electrons. The van der Waals surface area contributed by atoms with E-state index in [-0.39, 0.29) is 20.4 Å². The molecule has 0 rings (SSSR count). The first-order valence-corrected chi connectivity index (χ1v) is 1.47. The van der Waals surface area contributed by atoms with Gasteiger partial charge in [0.1, 0.15) is 0 Å². The van der Waals surface area contributed by atoms with E-state index >= 15 is 0 Å². The van der Waals surface area contributed by atoms with Crippen molar-refractivity contribution in [1.29, 1.82) is 0 Å². The molecule has 0 atom stereocenters. The third kappa shape index (κ3) is 12.1. The van der Waals surface area contributed by atoms with Crippen LogP contribution in [0.2, 0.25) is 0 Å². The molecule has 0 amide bonds. The summed E-state index contributed by atoms with van der Waals surface area (Å²) in [6.45, 7) is 2.96. The van der Waals surface area contributed by atoms with Crippen molar-refractivity contribution in [3.05, 3.63) is 5.32 Å². The average Bonchev–Trinajstić information content (AvgIpc) is 1.37. The predicted molar refractivity (Wildman–Crippen MR) is 19.8 cm³/mol. The Balaban J connectivity index is 0. The summed E-state index contributed by atoms with van der Waals surface area (Å²) in [5.74, 6) is 0. The number of hydrogen-bond acceptors (Lipinski definition) is 0. The van der Waals surface area contributed by atoms with Gasteiger partial charge >= 0.3 is 0 Å². The monoisotopic (exact) mass is 245 g/mol. The third-order valence-corrected chi connectivity index (χ3v) is 0.316. The van der Waals surface area contributed by atoms with Gasteiger partial charge in [0, 0.05) is 20.4 Å². The maximum absolute atomic E-state index is 3.74. The van der Waals surface area contributed by atoms with Crippen molar-refractivity contribution in [1.82, 2.24) is 0 Å². The van der Waals surface area contributed by atoms with Crippen LogP contribution < -0.4 is 0 Å². The molecule has 0 unspecified atom stereocenters. The SMILES string of the molecule is CC[N-]C.[Re]. The molecule has 5 heavy (non-hydrogen) atoms. The summed E-state index contributed by atoms with van der Waals surface area (Å²) < 4.78 is 0.